The zero-order chi connectivity index (χ0) is 27.5. The van der Waals surface area contributed by atoms with Gasteiger partial charge in [-0.3, -0.25) is 24.7 Å². The zero-order valence-electron chi connectivity index (χ0n) is 23.4. The molecule has 6 rings (SSSR count). The molecule has 2 aromatic heterocycles. The van der Waals surface area contributed by atoms with Crippen molar-refractivity contribution in [2.24, 2.45) is 0 Å². The van der Waals surface area contributed by atoms with Crippen molar-refractivity contribution in [2.45, 2.75) is 13.1 Å². The van der Waals surface area contributed by atoms with Crippen molar-refractivity contribution < 1.29 is 4.79 Å². The molecular weight excluding hydrogens is 500 g/mol. The summed E-state index contributed by atoms with van der Waals surface area (Å²) in [5.41, 5.74) is 6.49. The SMILES string of the molecule is CN1CCN(Cc2ccc(NC(=O)c3n[nH]c4ccc(-c5cncc(CN6CCN(C)CC6)c5)cc34)cc2)CC1. The minimum atomic E-state index is -0.225. The van der Waals surface area contributed by atoms with Crippen molar-refractivity contribution in [3.8, 4) is 11.1 Å². The average molecular weight is 539 g/mol. The molecule has 0 unspecified atom stereocenters. The standard InChI is InChI=1S/C31H38N8O/c1-36-9-13-38(14-10-36)21-23-3-6-27(7-4-23)33-31(40)30-28-18-25(5-8-29(28)34-35-30)26-17-24(19-32-20-26)22-39-15-11-37(2)12-16-39/h3-8,17-20H,9-16,21-22H2,1-2H3,(H,33,40)(H,34,35). The first kappa shape index (κ1) is 26.6. The number of pyridine rings is 1. The number of hydrogen-bond acceptors (Lipinski definition) is 7. The van der Waals surface area contributed by atoms with Crippen molar-refractivity contribution in [1.29, 1.82) is 0 Å². The third-order valence-corrected chi connectivity index (χ3v) is 8.12. The lowest BCUT2D eigenvalue weighted by Crippen LogP contribution is -2.43. The van der Waals surface area contributed by atoms with Crippen LogP contribution in [0.4, 0.5) is 5.69 Å². The maximum absolute atomic E-state index is 13.2. The van der Waals surface area contributed by atoms with Gasteiger partial charge in [0.15, 0.2) is 5.69 Å². The number of H-pyrrole nitrogens is 1. The van der Waals surface area contributed by atoms with Gasteiger partial charge in [-0.05, 0) is 61.1 Å². The van der Waals surface area contributed by atoms with Crippen LogP contribution in [0.25, 0.3) is 22.0 Å². The summed E-state index contributed by atoms with van der Waals surface area (Å²) in [7, 11) is 4.34. The van der Waals surface area contributed by atoms with Crippen LogP contribution in [0.5, 0.6) is 0 Å². The molecule has 40 heavy (non-hydrogen) atoms. The Kier molecular flexibility index (Phi) is 7.88. The van der Waals surface area contributed by atoms with Gasteiger partial charge in [0.1, 0.15) is 0 Å². The third-order valence-electron chi connectivity index (χ3n) is 8.12. The second-order valence-corrected chi connectivity index (χ2v) is 11.2. The molecule has 0 bridgehead atoms. The van der Waals surface area contributed by atoms with E-state index in [4.69, 9.17) is 0 Å². The summed E-state index contributed by atoms with van der Waals surface area (Å²) in [6.07, 6.45) is 3.84. The molecule has 2 saturated heterocycles. The molecule has 4 heterocycles. The Morgan fingerprint density at radius 1 is 0.775 bits per heavy atom. The van der Waals surface area contributed by atoms with Crippen molar-refractivity contribution in [3.05, 3.63) is 77.7 Å². The molecule has 0 atom stereocenters. The molecule has 1 amide bonds. The number of anilines is 1. The average Bonchev–Trinajstić information content (AvgIpc) is 3.40. The molecule has 9 heteroatoms. The Balaban J connectivity index is 1.13. The zero-order valence-corrected chi connectivity index (χ0v) is 23.4. The van der Waals surface area contributed by atoms with E-state index >= 15 is 0 Å². The number of aromatic nitrogens is 3. The lowest BCUT2D eigenvalue weighted by molar-refractivity contribution is 0.102. The summed E-state index contributed by atoms with van der Waals surface area (Å²) in [6.45, 7) is 10.5. The van der Waals surface area contributed by atoms with Gasteiger partial charge in [-0.15, -0.1) is 0 Å². The van der Waals surface area contributed by atoms with Crippen molar-refractivity contribution in [1.82, 2.24) is 34.8 Å². The second-order valence-electron chi connectivity index (χ2n) is 11.2. The summed E-state index contributed by atoms with van der Waals surface area (Å²) in [6, 6.07) is 16.4. The third kappa shape index (κ3) is 6.23. The van der Waals surface area contributed by atoms with Crippen LogP contribution in [-0.4, -0.2) is 107 Å². The minimum Gasteiger partial charge on any atom is -0.321 e. The van der Waals surface area contributed by atoms with Crippen LogP contribution >= 0.6 is 0 Å². The Labute approximate surface area is 235 Å². The molecule has 9 nitrogen and oxygen atoms in total. The monoisotopic (exact) mass is 538 g/mol. The number of rotatable bonds is 7. The number of hydrogen-bond donors (Lipinski definition) is 2. The fraction of sp³-hybridized carbons (Fsp3) is 0.387. The van der Waals surface area contributed by atoms with Gasteiger partial charge in [0.25, 0.3) is 5.91 Å². The molecule has 0 aliphatic carbocycles. The highest BCUT2D eigenvalue weighted by atomic mass is 16.1. The molecule has 0 radical (unpaired) electrons. The molecule has 2 aliphatic rings. The van der Waals surface area contributed by atoms with Crippen LogP contribution in [-0.2, 0) is 13.1 Å². The van der Waals surface area contributed by atoms with Gasteiger partial charge in [-0.2, -0.15) is 5.10 Å². The van der Waals surface area contributed by atoms with Crippen molar-refractivity contribution in [2.75, 3.05) is 71.8 Å². The number of benzene rings is 2. The number of nitrogens with zero attached hydrogens (tertiary/aromatic N) is 6. The van der Waals surface area contributed by atoms with Gasteiger partial charge < -0.3 is 15.1 Å². The molecule has 2 fully saturated rings. The maximum Gasteiger partial charge on any atom is 0.276 e. The Bertz CT molecular complexity index is 1450. The lowest BCUT2D eigenvalue weighted by atomic mass is 10.0. The first-order chi connectivity index (χ1) is 19.5. The number of aromatic amines is 1. The second kappa shape index (κ2) is 11.9. The van der Waals surface area contributed by atoms with Crippen molar-refractivity contribution >= 4 is 22.5 Å². The maximum atomic E-state index is 13.2. The van der Waals surface area contributed by atoms with Gasteiger partial charge in [0.05, 0.1) is 5.52 Å². The van der Waals surface area contributed by atoms with Crippen LogP contribution < -0.4 is 5.32 Å². The van der Waals surface area contributed by atoms with Crippen LogP contribution in [0.2, 0.25) is 0 Å². The van der Waals surface area contributed by atoms with Crippen LogP contribution in [0.3, 0.4) is 0 Å². The predicted molar refractivity (Wildman–Crippen MR) is 159 cm³/mol. The summed E-state index contributed by atoms with van der Waals surface area (Å²) < 4.78 is 0. The quantitative estimate of drug-likeness (QED) is 0.373. The fourth-order valence-corrected chi connectivity index (χ4v) is 5.51. The molecule has 4 aromatic rings. The topological polar surface area (TPSA) is 83.6 Å². The normalized spacial score (nSPS) is 17.9. The predicted octanol–water partition coefficient (Wildman–Crippen LogP) is 3.37. The van der Waals surface area contributed by atoms with E-state index in [-0.39, 0.29) is 5.91 Å². The van der Waals surface area contributed by atoms with Gasteiger partial charge in [0, 0.05) is 94.5 Å². The van der Waals surface area contributed by atoms with E-state index in [9.17, 15) is 4.79 Å². The number of fused-ring (bicyclic) bond motifs is 1. The molecule has 208 valence electrons. The van der Waals surface area contributed by atoms with Gasteiger partial charge in [-0.1, -0.05) is 18.2 Å². The number of piperazine rings is 2. The highest BCUT2D eigenvalue weighted by molar-refractivity contribution is 6.11. The highest BCUT2D eigenvalue weighted by Crippen LogP contribution is 2.26. The molecule has 0 saturated carbocycles. The smallest absolute Gasteiger partial charge is 0.276 e. The Hall–Kier alpha value is -3.63. The number of likely N-dealkylation sites (N-methyl/N-ethyl adjacent to an activating group) is 2. The number of nitrogens with one attached hydrogen (secondary N) is 2. The van der Waals surface area contributed by atoms with E-state index in [1.54, 1.807) is 0 Å². The summed E-state index contributed by atoms with van der Waals surface area (Å²) in [4.78, 5) is 27.4. The Morgan fingerprint density at radius 2 is 1.43 bits per heavy atom. The summed E-state index contributed by atoms with van der Waals surface area (Å²) >= 11 is 0. The molecule has 2 aromatic carbocycles. The van der Waals surface area contributed by atoms with E-state index in [1.807, 2.05) is 36.7 Å². The summed E-state index contributed by atoms with van der Waals surface area (Å²) in [5, 5.41) is 11.2. The highest BCUT2D eigenvalue weighted by Gasteiger charge is 2.18. The van der Waals surface area contributed by atoms with E-state index in [0.29, 0.717) is 5.69 Å². The molecule has 0 spiro atoms. The van der Waals surface area contributed by atoms with E-state index in [0.717, 1.165) is 93.2 Å². The minimum absolute atomic E-state index is 0.225. The lowest BCUT2D eigenvalue weighted by Gasteiger charge is -2.32. The van der Waals surface area contributed by atoms with Gasteiger partial charge >= 0.3 is 0 Å². The van der Waals surface area contributed by atoms with E-state index in [2.05, 4.69) is 78.5 Å². The molecule has 2 aliphatic heterocycles. The number of amides is 1. The van der Waals surface area contributed by atoms with Gasteiger partial charge in [0.2, 0.25) is 0 Å². The van der Waals surface area contributed by atoms with Crippen LogP contribution in [0, 0.1) is 0 Å². The van der Waals surface area contributed by atoms with Gasteiger partial charge in [-0.25, -0.2) is 0 Å². The van der Waals surface area contributed by atoms with E-state index in [1.165, 1.54) is 11.1 Å². The van der Waals surface area contributed by atoms with E-state index < -0.39 is 0 Å². The first-order valence-electron chi connectivity index (χ1n) is 14.1. The molecule has 2 N–H and O–H groups in total. The number of carbonyl (C=O) groups excluding carboxylic acids is 1. The first-order valence-corrected chi connectivity index (χ1v) is 14.1. The molecular formula is C31H38N8O. The number of carbonyl (C=O) groups is 1. The van der Waals surface area contributed by atoms with Crippen LogP contribution in [0.15, 0.2) is 60.9 Å². The van der Waals surface area contributed by atoms with Crippen molar-refractivity contribution in [3.63, 3.8) is 0 Å². The Morgan fingerprint density at radius 3 is 2.10 bits per heavy atom. The summed E-state index contributed by atoms with van der Waals surface area (Å²) in [5.74, 6) is -0.225. The fourth-order valence-electron chi connectivity index (χ4n) is 5.51. The van der Waals surface area contributed by atoms with Crippen LogP contribution in [0.1, 0.15) is 21.6 Å². The largest absolute Gasteiger partial charge is 0.321 e.